The van der Waals surface area contributed by atoms with Gasteiger partial charge >= 0.3 is 5.69 Å². The summed E-state index contributed by atoms with van der Waals surface area (Å²) in [5.74, 6) is 0.717. The molecule has 116 valence electrons. The van der Waals surface area contributed by atoms with Gasteiger partial charge in [-0.1, -0.05) is 13.8 Å². The van der Waals surface area contributed by atoms with Gasteiger partial charge in [0, 0.05) is 19.1 Å². The Labute approximate surface area is 123 Å². The van der Waals surface area contributed by atoms with E-state index in [1.165, 1.54) is 7.11 Å². The van der Waals surface area contributed by atoms with E-state index in [-0.39, 0.29) is 29.4 Å². The highest BCUT2D eigenvalue weighted by Gasteiger charge is 2.27. The van der Waals surface area contributed by atoms with Crippen LogP contribution in [0.5, 0.6) is 5.88 Å². The summed E-state index contributed by atoms with van der Waals surface area (Å²) in [5, 5.41) is 14.3. The van der Waals surface area contributed by atoms with Gasteiger partial charge in [0.1, 0.15) is 5.82 Å². The number of ether oxygens (including phenoxy) is 2. The Morgan fingerprint density at radius 3 is 2.81 bits per heavy atom. The van der Waals surface area contributed by atoms with E-state index in [0.29, 0.717) is 12.4 Å². The molecule has 2 rings (SSSR count). The van der Waals surface area contributed by atoms with Gasteiger partial charge in [-0.15, -0.1) is 0 Å². The van der Waals surface area contributed by atoms with Crippen molar-refractivity contribution in [2.45, 2.75) is 38.7 Å². The highest BCUT2D eigenvalue weighted by Crippen LogP contribution is 2.33. The first-order chi connectivity index (χ1) is 10.0. The molecule has 8 heteroatoms. The molecule has 0 spiro atoms. The van der Waals surface area contributed by atoms with E-state index in [1.54, 1.807) is 0 Å². The summed E-state index contributed by atoms with van der Waals surface area (Å²) in [4.78, 5) is 19.1. The number of aromatic nitrogens is 2. The van der Waals surface area contributed by atoms with Gasteiger partial charge in [0.2, 0.25) is 5.82 Å². The molecule has 1 unspecified atom stereocenters. The van der Waals surface area contributed by atoms with Crippen LogP contribution in [-0.4, -0.2) is 41.3 Å². The molecule has 0 saturated carbocycles. The topological polar surface area (TPSA) is 99.4 Å². The Bertz CT molecular complexity index is 515. The summed E-state index contributed by atoms with van der Waals surface area (Å²) in [6, 6.07) is 0. The molecule has 0 bridgehead atoms. The maximum atomic E-state index is 11.3. The van der Waals surface area contributed by atoms with Crippen LogP contribution in [0, 0.1) is 10.1 Å². The molecule has 0 radical (unpaired) electrons. The molecule has 1 fully saturated rings. The van der Waals surface area contributed by atoms with Crippen LogP contribution >= 0.6 is 0 Å². The number of hydrogen-bond donors (Lipinski definition) is 1. The number of nitro groups is 1. The van der Waals surface area contributed by atoms with Crippen LogP contribution in [0.4, 0.5) is 11.5 Å². The summed E-state index contributed by atoms with van der Waals surface area (Å²) in [5.41, 5.74) is -0.236. The molecule has 0 aliphatic carbocycles. The zero-order valence-corrected chi connectivity index (χ0v) is 12.5. The van der Waals surface area contributed by atoms with Crippen molar-refractivity contribution in [2.75, 3.05) is 25.6 Å². The molecule has 1 N–H and O–H groups in total. The van der Waals surface area contributed by atoms with Gasteiger partial charge in [-0.3, -0.25) is 10.1 Å². The fourth-order valence-corrected chi connectivity index (χ4v) is 2.15. The normalized spacial score (nSPS) is 18.0. The van der Waals surface area contributed by atoms with Gasteiger partial charge in [0.15, 0.2) is 0 Å². The highest BCUT2D eigenvalue weighted by atomic mass is 16.6. The van der Waals surface area contributed by atoms with Crippen LogP contribution < -0.4 is 10.1 Å². The predicted molar refractivity (Wildman–Crippen MR) is 76.8 cm³/mol. The van der Waals surface area contributed by atoms with E-state index in [4.69, 9.17) is 9.47 Å². The number of hydrogen-bond acceptors (Lipinski definition) is 7. The van der Waals surface area contributed by atoms with Crippen LogP contribution in [0.3, 0.4) is 0 Å². The SMILES string of the molecule is COc1nc(C(C)C)nc(NCC2CCCO2)c1[N+](=O)[O-]. The Balaban J connectivity index is 2.30. The summed E-state index contributed by atoms with van der Waals surface area (Å²) in [6.45, 7) is 5.06. The molecular weight excluding hydrogens is 276 g/mol. The fraction of sp³-hybridized carbons (Fsp3) is 0.692. The first kappa shape index (κ1) is 15.4. The molecule has 0 amide bonds. The number of nitrogens with one attached hydrogen (secondary N) is 1. The smallest absolute Gasteiger partial charge is 0.372 e. The molecule has 0 aromatic carbocycles. The Morgan fingerprint density at radius 1 is 1.52 bits per heavy atom. The summed E-state index contributed by atoms with van der Waals surface area (Å²) in [6.07, 6.45) is 2.02. The van der Waals surface area contributed by atoms with E-state index in [1.807, 2.05) is 13.8 Å². The lowest BCUT2D eigenvalue weighted by atomic mass is 10.2. The average molecular weight is 296 g/mol. The van der Waals surface area contributed by atoms with Crippen LogP contribution in [-0.2, 0) is 4.74 Å². The third-order valence-electron chi connectivity index (χ3n) is 3.28. The third-order valence-corrected chi connectivity index (χ3v) is 3.28. The lowest BCUT2D eigenvalue weighted by Crippen LogP contribution is -2.20. The molecule has 21 heavy (non-hydrogen) atoms. The monoisotopic (exact) mass is 296 g/mol. The molecule has 2 heterocycles. The number of rotatable bonds is 6. The van der Waals surface area contributed by atoms with Gasteiger partial charge in [-0.25, -0.2) is 4.98 Å². The van der Waals surface area contributed by atoms with Gasteiger partial charge in [-0.2, -0.15) is 4.98 Å². The quantitative estimate of drug-likeness (QED) is 0.633. The van der Waals surface area contributed by atoms with E-state index in [0.717, 1.165) is 19.4 Å². The number of anilines is 1. The first-order valence-corrected chi connectivity index (χ1v) is 6.98. The molecule has 1 atom stereocenters. The molecule has 1 saturated heterocycles. The zero-order valence-electron chi connectivity index (χ0n) is 12.5. The lowest BCUT2D eigenvalue weighted by molar-refractivity contribution is -0.385. The number of methoxy groups -OCH3 is 1. The summed E-state index contributed by atoms with van der Waals surface area (Å²) < 4.78 is 10.5. The van der Waals surface area contributed by atoms with Gasteiger partial charge in [-0.05, 0) is 12.8 Å². The van der Waals surface area contributed by atoms with E-state index in [2.05, 4.69) is 15.3 Å². The molecule has 8 nitrogen and oxygen atoms in total. The van der Waals surface area contributed by atoms with Crippen molar-refractivity contribution >= 4 is 11.5 Å². The van der Waals surface area contributed by atoms with Crippen LogP contribution in [0.2, 0.25) is 0 Å². The van der Waals surface area contributed by atoms with Crippen molar-refractivity contribution in [2.24, 2.45) is 0 Å². The van der Waals surface area contributed by atoms with Crippen LogP contribution in [0.25, 0.3) is 0 Å². The lowest BCUT2D eigenvalue weighted by Gasteiger charge is -2.14. The van der Waals surface area contributed by atoms with Crippen molar-refractivity contribution in [3.8, 4) is 5.88 Å². The summed E-state index contributed by atoms with van der Waals surface area (Å²) >= 11 is 0. The fourth-order valence-electron chi connectivity index (χ4n) is 2.15. The molecule has 1 aromatic heterocycles. The second kappa shape index (κ2) is 6.66. The molecule has 1 aromatic rings. The van der Waals surface area contributed by atoms with E-state index in [9.17, 15) is 10.1 Å². The maximum Gasteiger partial charge on any atom is 0.372 e. The van der Waals surface area contributed by atoms with Crippen molar-refractivity contribution < 1.29 is 14.4 Å². The van der Waals surface area contributed by atoms with Gasteiger partial charge in [0.25, 0.3) is 5.88 Å². The standard InChI is InChI=1S/C13H20N4O4/c1-8(2)11-15-12(14-7-9-5-4-6-21-9)10(17(18)19)13(16-11)20-3/h8-9H,4-7H2,1-3H3,(H,14,15,16). The van der Waals surface area contributed by atoms with Crippen molar-refractivity contribution in [3.63, 3.8) is 0 Å². The zero-order chi connectivity index (χ0) is 15.4. The van der Waals surface area contributed by atoms with E-state index >= 15 is 0 Å². The van der Waals surface area contributed by atoms with Crippen LogP contribution in [0.1, 0.15) is 38.4 Å². The molecular formula is C13H20N4O4. The summed E-state index contributed by atoms with van der Waals surface area (Å²) in [7, 11) is 1.36. The minimum Gasteiger partial charge on any atom is -0.476 e. The highest BCUT2D eigenvalue weighted by molar-refractivity contribution is 5.61. The maximum absolute atomic E-state index is 11.3. The largest absolute Gasteiger partial charge is 0.476 e. The molecule has 1 aliphatic rings. The first-order valence-electron chi connectivity index (χ1n) is 6.98. The van der Waals surface area contributed by atoms with Crippen LogP contribution in [0.15, 0.2) is 0 Å². The van der Waals surface area contributed by atoms with Crippen molar-refractivity contribution in [1.82, 2.24) is 9.97 Å². The van der Waals surface area contributed by atoms with E-state index < -0.39 is 4.92 Å². The van der Waals surface area contributed by atoms with Crippen molar-refractivity contribution in [1.29, 1.82) is 0 Å². The third kappa shape index (κ3) is 3.57. The second-order valence-corrected chi connectivity index (χ2v) is 5.22. The number of nitrogens with zero attached hydrogens (tertiary/aromatic N) is 3. The Morgan fingerprint density at radius 2 is 2.29 bits per heavy atom. The minimum absolute atomic E-state index is 0.0199. The minimum atomic E-state index is -0.527. The molecule has 1 aliphatic heterocycles. The second-order valence-electron chi connectivity index (χ2n) is 5.22. The van der Waals surface area contributed by atoms with Gasteiger partial charge < -0.3 is 14.8 Å². The van der Waals surface area contributed by atoms with Crippen molar-refractivity contribution in [3.05, 3.63) is 15.9 Å². The Hall–Kier alpha value is -1.96. The predicted octanol–water partition coefficient (Wildman–Crippen LogP) is 2.11. The average Bonchev–Trinajstić information content (AvgIpc) is 2.96. The Kier molecular flexibility index (Phi) is 4.89. The van der Waals surface area contributed by atoms with Gasteiger partial charge in [0.05, 0.1) is 18.1 Å².